The molecule has 27 heavy (non-hydrogen) atoms. The van der Waals surface area contributed by atoms with Crippen LogP contribution in [0.3, 0.4) is 0 Å². The summed E-state index contributed by atoms with van der Waals surface area (Å²) in [7, 11) is 0. The maximum Gasteiger partial charge on any atom is 0.408 e. The second kappa shape index (κ2) is 8.71. The van der Waals surface area contributed by atoms with Crippen LogP contribution in [0.2, 0.25) is 5.02 Å². The molecule has 2 rings (SSSR count). The number of hydrogen-bond donors (Lipinski definition) is 1. The predicted molar refractivity (Wildman–Crippen MR) is 107 cm³/mol. The van der Waals surface area contributed by atoms with Crippen LogP contribution in [0.4, 0.5) is 4.79 Å². The average molecular weight is 456 g/mol. The summed E-state index contributed by atoms with van der Waals surface area (Å²) in [5.41, 5.74) is 0.283. The number of nitrogens with one attached hydrogen (secondary N) is 1. The summed E-state index contributed by atoms with van der Waals surface area (Å²) >= 11 is 9.26. The van der Waals surface area contributed by atoms with E-state index in [0.717, 1.165) is 4.47 Å². The molecule has 8 heteroatoms. The number of hydrogen-bond acceptors (Lipinski definition) is 4. The topological polar surface area (TPSA) is 81.5 Å². The van der Waals surface area contributed by atoms with Crippen LogP contribution in [0, 0.1) is 10.1 Å². The van der Waals surface area contributed by atoms with E-state index in [2.05, 4.69) is 21.2 Å². The lowest BCUT2D eigenvalue weighted by molar-refractivity contribution is -0.534. The van der Waals surface area contributed by atoms with Gasteiger partial charge in [-0.25, -0.2) is 4.79 Å². The Labute approximate surface area is 171 Å². The second-order valence-corrected chi connectivity index (χ2v) is 8.31. The molecule has 0 heterocycles. The molecule has 0 spiro atoms. The van der Waals surface area contributed by atoms with Gasteiger partial charge in [0.25, 0.3) is 6.04 Å². The first-order valence-corrected chi connectivity index (χ1v) is 9.38. The first-order chi connectivity index (χ1) is 12.6. The molecule has 0 aromatic heterocycles. The monoisotopic (exact) mass is 454 g/mol. The van der Waals surface area contributed by atoms with Crippen molar-refractivity contribution < 1.29 is 14.5 Å². The van der Waals surface area contributed by atoms with E-state index < -0.39 is 28.7 Å². The quantitative estimate of drug-likeness (QED) is 0.464. The van der Waals surface area contributed by atoms with Crippen LogP contribution in [0.5, 0.6) is 0 Å². The second-order valence-electron chi connectivity index (χ2n) is 6.96. The molecular weight excluding hydrogens is 436 g/mol. The minimum Gasteiger partial charge on any atom is -0.444 e. The number of amides is 1. The van der Waals surface area contributed by atoms with E-state index in [9.17, 15) is 14.9 Å². The van der Waals surface area contributed by atoms with Gasteiger partial charge in [0.2, 0.25) is 0 Å². The van der Waals surface area contributed by atoms with Crippen molar-refractivity contribution in [1.29, 1.82) is 0 Å². The highest BCUT2D eigenvalue weighted by Crippen LogP contribution is 2.33. The number of nitro groups is 1. The minimum atomic E-state index is -1.20. The van der Waals surface area contributed by atoms with Gasteiger partial charge in [0.15, 0.2) is 0 Å². The van der Waals surface area contributed by atoms with Crippen molar-refractivity contribution in [2.24, 2.45) is 0 Å². The number of carbonyl (C=O) groups is 1. The fourth-order valence-electron chi connectivity index (χ4n) is 2.55. The standard InChI is InChI=1S/C19H20BrClN2O4/c1-19(2,3)27-18(24)22-16(12-6-10-15(21)11-7-12)17(23(25)26)13-4-8-14(20)9-5-13/h4-11,16-17H,1-3H3,(H,22,24). The number of ether oxygens (including phenoxy) is 1. The maximum absolute atomic E-state index is 12.3. The van der Waals surface area contributed by atoms with Gasteiger partial charge in [-0.05, 0) is 50.6 Å². The Hall–Kier alpha value is -2.12. The van der Waals surface area contributed by atoms with Gasteiger partial charge in [0.1, 0.15) is 11.6 Å². The Morgan fingerprint density at radius 1 is 1.11 bits per heavy atom. The van der Waals surface area contributed by atoms with Crippen molar-refractivity contribution in [2.45, 2.75) is 38.5 Å². The molecule has 0 fully saturated rings. The summed E-state index contributed by atoms with van der Waals surface area (Å²) in [5, 5.41) is 15.1. The highest BCUT2D eigenvalue weighted by Gasteiger charge is 2.36. The molecule has 0 aliphatic heterocycles. The van der Waals surface area contributed by atoms with Crippen molar-refractivity contribution in [3.8, 4) is 0 Å². The molecule has 0 bridgehead atoms. The highest BCUT2D eigenvalue weighted by molar-refractivity contribution is 9.10. The fraction of sp³-hybridized carbons (Fsp3) is 0.316. The number of benzene rings is 2. The van der Waals surface area contributed by atoms with Crippen LogP contribution in [-0.4, -0.2) is 16.6 Å². The molecule has 2 aromatic rings. The molecule has 2 atom stereocenters. The van der Waals surface area contributed by atoms with E-state index in [-0.39, 0.29) is 0 Å². The van der Waals surface area contributed by atoms with E-state index in [4.69, 9.17) is 16.3 Å². The Bertz CT molecular complexity index is 804. The van der Waals surface area contributed by atoms with Crippen molar-refractivity contribution in [1.82, 2.24) is 5.32 Å². The number of halogens is 2. The zero-order valence-electron chi connectivity index (χ0n) is 15.1. The Morgan fingerprint density at radius 3 is 2.11 bits per heavy atom. The van der Waals surface area contributed by atoms with Crippen molar-refractivity contribution in [3.63, 3.8) is 0 Å². The van der Waals surface area contributed by atoms with E-state index in [1.165, 1.54) is 0 Å². The smallest absolute Gasteiger partial charge is 0.408 e. The Balaban J connectivity index is 2.44. The van der Waals surface area contributed by atoms with Crippen molar-refractivity contribution in [3.05, 3.63) is 79.3 Å². The summed E-state index contributed by atoms with van der Waals surface area (Å²) in [4.78, 5) is 23.8. The number of nitrogens with zero attached hydrogens (tertiary/aromatic N) is 1. The van der Waals surface area contributed by atoms with Gasteiger partial charge in [-0.2, -0.15) is 0 Å². The van der Waals surface area contributed by atoms with Gasteiger partial charge < -0.3 is 10.1 Å². The molecule has 0 saturated heterocycles. The van der Waals surface area contributed by atoms with Crippen LogP contribution in [0.15, 0.2) is 53.0 Å². The van der Waals surface area contributed by atoms with E-state index in [1.807, 2.05) is 0 Å². The van der Waals surface area contributed by atoms with Gasteiger partial charge >= 0.3 is 6.09 Å². The van der Waals surface area contributed by atoms with Gasteiger partial charge in [-0.15, -0.1) is 0 Å². The maximum atomic E-state index is 12.3. The summed E-state index contributed by atoms with van der Waals surface area (Å²) < 4.78 is 6.09. The third-order valence-electron chi connectivity index (χ3n) is 3.66. The van der Waals surface area contributed by atoms with E-state index in [0.29, 0.717) is 16.1 Å². The molecule has 6 nitrogen and oxygen atoms in total. The summed E-state index contributed by atoms with van der Waals surface area (Å²) in [5.74, 6) is 0. The fourth-order valence-corrected chi connectivity index (χ4v) is 2.94. The third kappa shape index (κ3) is 6.22. The molecule has 1 amide bonds. The highest BCUT2D eigenvalue weighted by atomic mass is 79.9. The summed E-state index contributed by atoms with van der Waals surface area (Å²) in [6.45, 7) is 5.18. The molecule has 0 saturated carbocycles. The molecule has 0 radical (unpaired) electrons. The van der Waals surface area contributed by atoms with Gasteiger partial charge in [0.05, 0.1) is 0 Å². The molecule has 2 aromatic carbocycles. The first-order valence-electron chi connectivity index (χ1n) is 8.21. The molecule has 1 N–H and O–H groups in total. The number of alkyl carbamates (subject to hydrolysis) is 1. The van der Waals surface area contributed by atoms with Crippen LogP contribution >= 0.6 is 27.5 Å². The van der Waals surface area contributed by atoms with Crippen LogP contribution in [0.25, 0.3) is 0 Å². The Morgan fingerprint density at radius 2 is 1.63 bits per heavy atom. The summed E-state index contributed by atoms with van der Waals surface area (Å²) in [6.07, 6.45) is -0.730. The predicted octanol–water partition coefficient (Wildman–Crippen LogP) is 5.69. The zero-order chi connectivity index (χ0) is 20.2. The van der Waals surface area contributed by atoms with E-state index in [1.54, 1.807) is 69.3 Å². The third-order valence-corrected chi connectivity index (χ3v) is 4.44. The lowest BCUT2D eigenvalue weighted by Gasteiger charge is -2.26. The molecule has 2 unspecified atom stereocenters. The first kappa shape index (κ1) is 21.2. The molecular formula is C19H20BrClN2O4. The normalized spacial score (nSPS) is 13.5. The van der Waals surface area contributed by atoms with E-state index >= 15 is 0 Å². The average Bonchev–Trinajstić information content (AvgIpc) is 2.55. The van der Waals surface area contributed by atoms with Crippen LogP contribution < -0.4 is 5.32 Å². The molecule has 0 aliphatic rings. The van der Waals surface area contributed by atoms with Gasteiger partial charge in [0, 0.05) is 20.0 Å². The van der Waals surface area contributed by atoms with Gasteiger partial charge in [-0.3, -0.25) is 10.1 Å². The lowest BCUT2D eigenvalue weighted by Crippen LogP contribution is -2.39. The van der Waals surface area contributed by atoms with Crippen LogP contribution in [-0.2, 0) is 4.74 Å². The minimum absolute atomic E-state index is 0.417. The van der Waals surface area contributed by atoms with Crippen molar-refractivity contribution >= 4 is 33.6 Å². The number of rotatable bonds is 5. The molecule has 144 valence electrons. The molecule has 0 aliphatic carbocycles. The van der Waals surface area contributed by atoms with Gasteiger partial charge in [-0.1, -0.05) is 51.8 Å². The largest absolute Gasteiger partial charge is 0.444 e. The van der Waals surface area contributed by atoms with Crippen molar-refractivity contribution in [2.75, 3.05) is 0 Å². The number of carbonyl (C=O) groups excluding carboxylic acids is 1. The lowest BCUT2D eigenvalue weighted by atomic mass is 9.94. The SMILES string of the molecule is CC(C)(C)OC(=O)NC(c1ccc(Cl)cc1)C(c1ccc(Br)cc1)[N+](=O)[O-]. The zero-order valence-corrected chi connectivity index (χ0v) is 17.5. The summed E-state index contributed by atoms with van der Waals surface area (Å²) in [6, 6.07) is 11.2. The Kier molecular flexibility index (Phi) is 6.84. The van der Waals surface area contributed by atoms with Crippen LogP contribution in [0.1, 0.15) is 44.0 Å².